The van der Waals surface area contributed by atoms with Gasteiger partial charge in [-0.2, -0.15) is 0 Å². The number of carbonyl (C=O) groups excluding carboxylic acids is 1. The standard InChI is InChI=1S/C15H21BrN2O3/c16-14-8-13(9-17-10-14)15(19)18-4-1-5-21-11-12-2-6-20-7-3-12/h8-10,12H,1-7,11H2,(H,18,19). The monoisotopic (exact) mass is 356 g/mol. The first kappa shape index (κ1) is 16.4. The van der Waals surface area contributed by atoms with Crippen LogP contribution in [0.3, 0.4) is 0 Å². The van der Waals surface area contributed by atoms with E-state index in [1.54, 1.807) is 18.5 Å². The summed E-state index contributed by atoms with van der Waals surface area (Å²) in [5, 5.41) is 2.86. The van der Waals surface area contributed by atoms with Crippen LogP contribution in [0.1, 0.15) is 29.6 Å². The normalized spacial score (nSPS) is 15.9. The Balaban J connectivity index is 1.54. The number of rotatable bonds is 7. The maximum atomic E-state index is 11.9. The molecule has 0 bridgehead atoms. The lowest BCUT2D eigenvalue weighted by Gasteiger charge is -2.21. The van der Waals surface area contributed by atoms with Gasteiger partial charge in [-0.05, 0) is 47.2 Å². The molecule has 116 valence electrons. The Labute approximate surface area is 133 Å². The molecule has 1 aromatic rings. The summed E-state index contributed by atoms with van der Waals surface area (Å²) in [6.45, 7) is 3.79. The largest absolute Gasteiger partial charge is 0.381 e. The summed E-state index contributed by atoms with van der Waals surface area (Å²) < 4.78 is 11.8. The van der Waals surface area contributed by atoms with Gasteiger partial charge in [0.25, 0.3) is 5.91 Å². The minimum atomic E-state index is -0.103. The van der Waals surface area contributed by atoms with E-state index in [1.807, 2.05) is 0 Å². The lowest BCUT2D eigenvalue weighted by Crippen LogP contribution is -2.26. The minimum absolute atomic E-state index is 0.103. The van der Waals surface area contributed by atoms with Crippen molar-refractivity contribution >= 4 is 21.8 Å². The number of pyridine rings is 1. The number of nitrogens with zero attached hydrogens (tertiary/aromatic N) is 1. The van der Waals surface area contributed by atoms with Gasteiger partial charge in [0.05, 0.1) is 5.56 Å². The molecule has 1 saturated heterocycles. The Morgan fingerprint density at radius 2 is 2.24 bits per heavy atom. The average molecular weight is 357 g/mol. The third kappa shape index (κ3) is 6.11. The van der Waals surface area contributed by atoms with Crippen molar-refractivity contribution in [2.24, 2.45) is 5.92 Å². The summed E-state index contributed by atoms with van der Waals surface area (Å²) in [5.74, 6) is 0.523. The first-order valence-electron chi connectivity index (χ1n) is 7.30. The van der Waals surface area contributed by atoms with Crippen LogP contribution < -0.4 is 5.32 Å². The molecule has 1 aliphatic heterocycles. The Hall–Kier alpha value is -0.980. The fourth-order valence-corrected chi connectivity index (χ4v) is 2.54. The fourth-order valence-electron chi connectivity index (χ4n) is 2.18. The molecule has 1 aromatic heterocycles. The van der Waals surface area contributed by atoms with Crippen molar-refractivity contribution in [3.05, 3.63) is 28.5 Å². The van der Waals surface area contributed by atoms with E-state index in [2.05, 4.69) is 26.2 Å². The summed E-state index contributed by atoms with van der Waals surface area (Å²) in [7, 11) is 0. The van der Waals surface area contributed by atoms with Crippen molar-refractivity contribution in [2.45, 2.75) is 19.3 Å². The van der Waals surface area contributed by atoms with Gasteiger partial charge in [-0.1, -0.05) is 0 Å². The van der Waals surface area contributed by atoms with Gasteiger partial charge in [-0.15, -0.1) is 0 Å². The Bertz CT molecular complexity index is 450. The zero-order valence-corrected chi connectivity index (χ0v) is 13.6. The topological polar surface area (TPSA) is 60.5 Å². The van der Waals surface area contributed by atoms with Gasteiger partial charge < -0.3 is 14.8 Å². The van der Waals surface area contributed by atoms with Crippen LogP contribution >= 0.6 is 15.9 Å². The van der Waals surface area contributed by atoms with E-state index in [0.717, 1.165) is 43.6 Å². The van der Waals surface area contributed by atoms with Crippen LogP contribution in [0.15, 0.2) is 22.9 Å². The first-order valence-corrected chi connectivity index (χ1v) is 8.09. The van der Waals surface area contributed by atoms with Crippen LogP contribution in [0.5, 0.6) is 0 Å². The molecule has 1 aliphatic rings. The highest BCUT2D eigenvalue weighted by molar-refractivity contribution is 9.10. The van der Waals surface area contributed by atoms with Gasteiger partial charge >= 0.3 is 0 Å². The average Bonchev–Trinajstić information content (AvgIpc) is 2.51. The maximum absolute atomic E-state index is 11.9. The molecule has 21 heavy (non-hydrogen) atoms. The van der Waals surface area contributed by atoms with Gasteiger partial charge in [0.2, 0.25) is 0 Å². The molecule has 0 unspecified atom stereocenters. The second kappa shape index (κ2) is 9.12. The molecular weight excluding hydrogens is 336 g/mol. The van der Waals surface area contributed by atoms with Gasteiger partial charge in [0, 0.05) is 49.8 Å². The minimum Gasteiger partial charge on any atom is -0.381 e. The molecule has 1 fully saturated rings. The molecular formula is C15H21BrN2O3. The van der Waals surface area contributed by atoms with E-state index < -0.39 is 0 Å². The van der Waals surface area contributed by atoms with Gasteiger partial charge in [0.15, 0.2) is 0 Å². The Morgan fingerprint density at radius 1 is 1.43 bits per heavy atom. The van der Waals surface area contributed by atoms with Crippen LogP contribution in [-0.2, 0) is 9.47 Å². The SMILES string of the molecule is O=C(NCCCOCC1CCOCC1)c1cncc(Br)c1. The third-order valence-electron chi connectivity index (χ3n) is 3.41. The quantitative estimate of drug-likeness (QED) is 0.762. The van der Waals surface area contributed by atoms with Crippen LogP contribution in [0.2, 0.25) is 0 Å². The first-order chi connectivity index (χ1) is 10.3. The maximum Gasteiger partial charge on any atom is 0.252 e. The number of aromatic nitrogens is 1. The molecule has 5 nitrogen and oxygen atoms in total. The molecule has 0 aliphatic carbocycles. The summed E-state index contributed by atoms with van der Waals surface area (Å²) in [6.07, 6.45) is 6.21. The molecule has 0 aromatic carbocycles. The molecule has 2 heterocycles. The fraction of sp³-hybridized carbons (Fsp3) is 0.600. The lowest BCUT2D eigenvalue weighted by atomic mass is 10.0. The highest BCUT2D eigenvalue weighted by atomic mass is 79.9. The van der Waals surface area contributed by atoms with E-state index in [-0.39, 0.29) is 5.91 Å². The number of carbonyl (C=O) groups is 1. The number of ether oxygens (including phenoxy) is 2. The number of nitrogens with one attached hydrogen (secondary N) is 1. The summed E-state index contributed by atoms with van der Waals surface area (Å²) >= 11 is 3.30. The lowest BCUT2D eigenvalue weighted by molar-refractivity contribution is 0.0202. The van der Waals surface area contributed by atoms with Crippen LogP contribution in [0.25, 0.3) is 0 Å². The van der Waals surface area contributed by atoms with E-state index in [9.17, 15) is 4.79 Å². The van der Waals surface area contributed by atoms with Crippen molar-refractivity contribution in [3.8, 4) is 0 Å². The molecule has 1 amide bonds. The highest BCUT2D eigenvalue weighted by Crippen LogP contribution is 2.14. The Morgan fingerprint density at radius 3 is 3.00 bits per heavy atom. The molecule has 0 atom stereocenters. The second-order valence-electron chi connectivity index (χ2n) is 5.13. The smallest absolute Gasteiger partial charge is 0.252 e. The van der Waals surface area contributed by atoms with Crippen molar-refractivity contribution < 1.29 is 14.3 Å². The molecule has 6 heteroatoms. The van der Waals surface area contributed by atoms with Crippen molar-refractivity contribution in [1.29, 1.82) is 0 Å². The third-order valence-corrected chi connectivity index (χ3v) is 3.85. The van der Waals surface area contributed by atoms with Gasteiger partial charge in [-0.3, -0.25) is 9.78 Å². The predicted molar refractivity (Wildman–Crippen MR) is 83.2 cm³/mol. The van der Waals surface area contributed by atoms with Crippen LogP contribution in [0.4, 0.5) is 0 Å². The number of amides is 1. The summed E-state index contributed by atoms with van der Waals surface area (Å²) in [5.41, 5.74) is 0.562. The van der Waals surface area contributed by atoms with Gasteiger partial charge in [0.1, 0.15) is 0 Å². The number of hydrogen-bond donors (Lipinski definition) is 1. The van der Waals surface area contributed by atoms with Crippen molar-refractivity contribution in [2.75, 3.05) is 33.0 Å². The zero-order valence-electron chi connectivity index (χ0n) is 12.0. The molecule has 2 rings (SSSR count). The van der Waals surface area contributed by atoms with Crippen LogP contribution in [-0.4, -0.2) is 43.9 Å². The zero-order chi connectivity index (χ0) is 14.9. The van der Waals surface area contributed by atoms with Crippen molar-refractivity contribution in [3.63, 3.8) is 0 Å². The number of halogens is 1. The predicted octanol–water partition coefficient (Wildman–Crippen LogP) is 2.41. The molecule has 0 radical (unpaired) electrons. The van der Waals surface area contributed by atoms with E-state index in [0.29, 0.717) is 24.6 Å². The summed E-state index contributed by atoms with van der Waals surface area (Å²) in [6, 6.07) is 1.75. The number of hydrogen-bond acceptors (Lipinski definition) is 4. The van der Waals surface area contributed by atoms with E-state index >= 15 is 0 Å². The van der Waals surface area contributed by atoms with E-state index in [1.165, 1.54) is 0 Å². The molecule has 1 N–H and O–H groups in total. The Kier molecular flexibility index (Phi) is 7.12. The van der Waals surface area contributed by atoms with Crippen LogP contribution in [0, 0.1) is 5.92 Å². The molecule has 0 saturated carbocycles. The van der Waals surface area contributed by atoms with Crippen molar-refractivity contribution in [1.82, 2.24) is 10.3 Å². The van der Waals surface area contributed by atoms with E-state index in [4.69, 9.17) is 9.47 Å². The summed E-state index contributed by atoms with van der Waals surface area (Å²) in [4.78, 5) is 15.8. The molecule has 0 spiro atoms. The second-order valence-corrected chi connectivity index (χ2v) is 6.05. The van der Waals surface area contributed by atoms with Gasteiger partial charge in [-0.25, -0.2) is 0 Å². The highest BCUT2D eigenvalue weighted by Gasteiger charge is 2.13.